The molecule has 0 saturated heterocycles. The molecule has 124 valence electrons. The van der Waals surface area contributed by atoms with Gasteiger partial charge in [-0.1, -0.05) is 53.4 Å². The Bertz CT molecular complexity index is 314. The van der Waals surface area contributed by atoms with E-state index in [1.165, 1.54) is 32.1 Å². The average molecular weight is 296 g/mol. The largest absolute Gasteiger partial charge is 0.355 e. The van der Waals surface area contributed by atoms with Crippen molar-refractivity contribution in [2.75, 3.05) is 6.54 Å². The molecule has 21 heavy (non-hydrogen) atoms. The molecule has 0 spiro atoms. The van der Waals surface area contributed by atoms with E-state index in [0.29, 0.717) is 12.0 Å². The predicted molar refractivity (Wildman–Crippen MR) is 90.0 cm³/mol. The fraction of sp³-hybridized carbons (Fsp3) is 0.944. The first-order valence-electron chi connectivity index (χ1n) is 8.89. The molecule has 3 atom stereocenters. The van der Waals surface area contributed by atoms with Gasteiger partial charge >= 0.3 is 0 Å². The van der Waals surface area contributed by atoms with Crippen LogP contribution in [0.2, 0.25) is 0 Å². The topological polar surface area (TPSA) is 55.1 Å². The van der Waals surface area contributed by atoms with Gasteiger partial charge in [-0.3, -0.25) is 4.79 Å². The third-order valence-electron chi connectivity index (χ3n) is 5.07. The van der Waals surface area contributed by atoms with Crippen molar-refractivity contribution in [3.63, 3.8) is 0 Å². The van der Waals surface area contributed by atoms with E-state index >= 15 is 0 Å². The highest BCUT2D eigenvalue weighted by Crippen LogP contribution is 2.30. The third kappa shape index (κ3) is 6.82. The van der Waals surface area contributed by atoms with Gasteiger partial charge in [0.1, 0.15) is 0 Å². The molecule has 0 aromatic heterocycles. The summed E-state index contributed by atoms with van der Waals surface area (Å²) in [6.45, 7) is 9.60. The predicted octanol–water partition coefficient (Wildman–Crippen LogP) is 3.86. The first-order valence-corrected chi connectivity index (χ1v) is 8.89. The van der Waals surface area contributed by atoms with Crippen molar-refractivity contribution in [2.45, 2.75) is 85.1 Å². The minimum atomic E-state index is 0.0998. The molecule has 0 aromatic carbocycles. The van der Waals surface area contributed by atoms with Crippen molar-refractivity contribution in [1.29, 1.82) is 0 Å². The summed E-state index contributed by atoms with van der Waals surface area (Å²) in [6.07, 6.45) is 9.43. The highest BCUT2D eigenvalue weighted by molar-refractivity contribution is 5.78. The maximum atomic E-state index is 12.4. The van der Waals surface area contributed by atoms with E-state index in [0.717, 1.165) is 25.8 Å². The van der Waals surface area contributed by atoms with Crippen LogP contribution in [0.25, 0.3) is 0 Å². The van der Waals surface area contributed by atoms with Crippen LogP contribution in [0.5, 0.6) is 0 Å². The minimum Gasteiger partial charge on any atom is -0.355 e. The molecule has 3 N–H and O–H groups in total. The van der Waals surface area contributed by atoms with Gasteiger partial charge in [-0.25, -0.2) is 0 Å². The fourth-order valence-corrected chi connectivity index (χ4v) is 3.36. The number of amides is 1. The number of carbonyl (C=O) groups is 1. The Morgan fingerprint density at radius 2 is 2.05 bits per heavy atom. The third-order valence-corrected chi connectivity index (χ3v) is 5.07. The number of rotatable bonds is 8. The summed E-state index contributed by atoms with van der Waals surface area (Å²) in [4.78, 5) is 12.4. The lowest BCUT2D eigenvalue weighted by Crippen LogP contribution is -2.41. The Labute approximate surface area is 131 Å². The van der Waals surface area contributed by atoms with Crippen LogP contribution in [-0.2, 0) is 4.79 Å². The van der Waals surface area contributed by atoms with Crippen LogP contribution in [0.3, 0.4) is 0 Å². The van der Waals surface area contributed by atoms with E-state index in [-0.39, 0.29) is 17.2 Å². The summed E-state index contributed by atoms with van der Waals surface area (Å²) in [5.41, 5.74) is 6.24. The second-order valence-corrected chi connectivity index (χ2v) is 7.81. The summed E-state index contributed by atoms with van der Waals surface area (Å²) in [6, 6.07) is 0.296. The second kappa shape index (κ2) is 8.77. The number of hydrogen-bond acceptors (Lipinski definition) is 2. The first-order chi connectivity index (χ1) is 9.85. The van der Waals surface area contributed by atoms with E-state index in [1.807, 2.05) is 0 Å². The number of unbranched alkanes of at least 4 members (excludes halogenated alkanes) is 2. The molecule has 1 rings (SSSR count). The standard InChI is InChI=1S/C18H36N2O/c1-5-6-7-11-18(3,4)13-20-17(21)14(2)15-9-8-10-16(19)12-15/h14-16H,5-13,19H2,1-4H3,(H,20,21). The Morgan fingerprint density at radius 1 is 1.33 bits per heavy atom. The van der Waals surface area contributed by atoms with Crippen LogP contribution in [0.15, 0.2) is 0 Å². The van der Waals surface area contributed by atoms with Gasteiger partial charge in [0.25, 0.3) is 0 Å². The van der Waals surface area contributed by atoms with Crippen molar-refractivity contribution in [3.8, 4) is 0 Å². The summed E-state index contributed by atoms with van der Waals surface area (Å²) in [7, 11) is 0. The Kier molecular flexibility index (Phi) is 7.72. The van der Waals surface area contributed by atoms with E-state index in [1.54, 1.807) is 0 Å². The molecular weight excluding hydrogens is 260 g/mol. The molecule has 3 nitrogen and oxygen atoms in total. The lowest BCUT2D eigenvalue weighted by molar-refractivity contribution is -0.127. The average Bonchev–Trinajstić information content (AvgIpc) is 2.44. The van der Waals surface area contributed by atoms with Crippen LogP contribution in [-0.4, -0.2) is 18.5 Å². The summed E-state index contributed by atoms with van der Waals surface area (Å²) < 4.78 is 0. The van der Waals surface area contributed by atoms with E-state index < -0.39 is 0 Å². The smallest absolute Gasteiger partial charge is 0.223 e. The quantitative estimate of drug-likeness (QED) is 0.668. The van der Waals surface area contributed by atoms with Crippen LogP contribution in [0.4, 0.5) is 0 Å². The van der Waals surface area contributed by atoms with E-state index in [4.69, 9.17) is 5.73 Å². The highest BCUT2D eigenvalue weighted by Gasteiger charge is 2.29. The highest BCUT2D eigenvalue weighted by atomic mass is 16.1. The zero-order valence-corrected chi connectivity index (χ0v) is 14.6. The lowest BCUT2D eigenvalue weighted by atomic mass is 9.78. The monoisotopic (exact) mass is 296 g/mol. The van der Waals surface area contributed by atoms with Gasteiger partial charge in [0.15, 0.2) is 0 Å². The molecule has 0 aliphatic heterocycles. The zero-order chi connectivity index (χ0) is 15.9. The van der Waals surface area contributed by atoms with Crippen molar-refractivity contribution in [1.82, 2.24) is 5.32 Å². The van der Waals surface area contributed by atoms with Crippen molar-refractivity contribution in [2.24, 2.45) is 23.0 Å². The van der Waals surface area contributed by atoms with Crippen molar-refractivity contribution in [3.05, 3.63) is 0 Å². The van der Waals surface area contributed by atoms with E-state index in [2.05, 4.69) is 33.0 Å². The summed E-state index contributed by atoms with van der Waals surface area (Å²) in [5, 5.41) is 3.18. The molecule has 3 heteroatoms. The normalized spacial score (nSPS) is 24.6. The molecule has 3 unspecified atom stereocenters. The molecular formula is C18H36N2O. The number of carbonyl (C=O) groups excluding carboxylic acids is 1. The zero-order valence-electron chi connectivity index (χ0n) is 14.6. The number of nitrogens with two attached hydrogens (primary N) is 1. The maximum absolute atomic E-state index is 12.4. The maximum Gasteiger partial charge on any atom is 0.223 e. The van der Waals surface area contributed by atoms with Gasteiger partial charge in [0, 0.05) is 18.5 Å². The number of nitrogens with one attached hydrogen (secondary N) is 1. The molecule has 1 fully saturated rings. The van der Waals surface area contributed by atoms with Gasteiger partial charge in [-0.15, -0.1) is 0 Å². The summed E-state index contributed by atoms with van der Waals surface area (Å²) >= 11 is 0. The lowest BCUT2D eigenvalue weighted by Gasteiger charge is -2.32. The Balaban J connectivity index is 2.34. The van der Waals surface area contributed by atoms with Crippen LogP contribution in [0, 0.1) is 17.3 Å². The molecule has 1 amide bonds. The van der Waals surface area contributed by atoms with Gasteiger partial charge < -0.3 is 11.1 Å². The van der Waals surface area contributed by atoms with E-state index in [9.17, 15) is 4.79 Å². The number of hydrogen-bond donors (Lipinski definition) is 2. The van der Waals surface area contributed by atoms with Crippen LogP contribution >= 0.6 is 0 Å². The van der Waals surface area contributed by atoms with Gasteiger partial charge in [-0.2, -0.15) is 0 Å². The summed E-state index contributed by atoms with van der Waals surface area (Å²) in [5.74, 6) is 0.789. The van der Waals surface area contributed by atoms with Gasteiger partial charge in [0.2, 0.25) is 5.91 Å². The molecule has 1 aliphatic carbocycles. The fourth-order valence-electron chi connectivity index (χ4n) is 3.36. The second-order valence-electron chi connectivity index (χ2n) is 7.81. The van der Waals surface area contributed by atoms with Crippen LogP contribution in [0.1, 0.15) is 79.1 Å². The van der Waals surface area contributed by atoms with Crippen molar-refractivity contribution < 1.29 is 4.79 Å². The molecule has 0 bridgehead atoms. The SMILES string of the molecule is CCCCCC(C)(C)CNC(=O)C(C)C1CCCC(N)C1. The first kappa shape index (κ1) is 18.5. The van der Waals surface area contributed by atoms with Gasteiger partial charge in [-0.05, 0) is 37.0 Å². The van der Waals surface area contributed by atoms with Gasteiger partial charge in [0.05, 0.1) is 0 Å². The van der Waals surface area contributed by atoms with Crippen LogP contribution < -0.4 is 11.1 Å². The molecule has 1 aliphatic rings. The molecule has 0 aromatic rings. The van der Waals surface area contributed by atoms with Crippen molar-refractivity contribution >= 4 is 5.91 Å². The Hall–Kier alpha value is -0.570. The minimum absolute atomic E-state index is 0.0998. The molecule has 0 heterocycles. The Morgan fingerprint density at radius 3 is 2.67 bits per heavy atom. The molecule has 1 saturated carbocycles. The molecule has 0 radical (unpaired) electrons.